The summed E-state index contributed by atoms with van der Waals surface area (Å²) in [5, 5.41) is 16.0. The largest absolute Gasteiger partial charge is 0.388 e. The maximum absolute atomic E-state index is 11.9. The summed E-state index contributed by atoms with van der Waals surface area (Å²) in [4.78, 5) is 11.9. The first-order chi connectivity index (χ1) is 7.40. The predicted molar refractivity (Wildman–Crippen MR) is 64.2 cm³/mol. The molecular formula is C12H24N2O2. The van der Waals surface area contributed by atoms with E-state index < -0.39 is 11.1 Å². The fourth-order valence-electron chi connectivity index (χ4n) is 2.18. The molecule has 1 rings (SSSR count). The van der Waals surface area contributed by atoms with E-state index in [2.05, 4.69) is 10.6 Å². The first-order valence-electron chi connectivity index (χ1n) is 6.15. The van der Waals surface area contributed by atoms with E-state index in [-0.39, 0.29) is 5.91 Å². The molecule has 0 spiro atoms. The molecule has 1 aliphatic heterocycles. The summed E-state index contributed by atoms with van der Waals surface area (Å²) in [6.07, 6.45) is 3.53. The quantitative estimate of drug-likeness (QED) is 0.652. The zero-order chi connectivity index (χ0) is 12.2. The second-order valence-electron chi connectivity index (χ2n) is 5.29. The van der Waals surface area contributed by atoms with Crippen molar-refractivity contribution in [1.29, 1.82) is 0 Å². The van der Waals surface area contributed by atoms with Gasteiger partial charge in [-0.15, -0.1) is 0 Å². The van der Waals surface area contributed by atoms with E-state index in [0.29, 0.717) is 13.0 Å². The predicted octanol–water partition coefficient (Wildman–Crippen LogP) is 0.796. The van der Waals surface area contributed by atoms with Crippen molar-refractivity contribution in [1.82, 2.24) is 10.6 Å². The highest BCUT2D eigenvalue weighted by Gasteiger charge is 2.36. The molecule has 1 heterocycles. The fraction of sp³-hybridized carbons (Fsp3) is 0.917. The van der Waals surface area contributed by atoms with Gasteiger partial charge in [0.2, 0.25) is 5.91 Å². The average molecular weight is 228 g/mol. The molecule has 3 N–H and O–H groups in total. The van der Waals surface area contributed by atoms with E-state index in [4.69, 9.17) is 0 Å². The second kappa shape index (κ2) is 5.15. The van der Waals surface area contributed by atoms with Crippen molar-refractivity contribution in [2.75, 3.05) is 13.1 Å². The Morgan fingerprint density at radius 2 is 2.31 bits per heavy atom. The van der Waals surface area contributed by atoms with Crippen LogP contribution in [0.25, 0.3) is 0 Å². The number of rotatable bonds is 5. The Morgan fingerprint density at radius 1 is 1.62 bits per heavy atom. The number of aliphatic hydroxyl groups is 1. The van der Waals surface area contributed by atoms with Gasteiger partial charge >= 0.3 is 0 Å². The zero-order valence-corrected chi connectivity index (χ0v) is 10.6. The van der Waals surface area contributed by atoms with Gasteiger partial charge in [-0.2, -0.15) is 0 Å². The Bertz CT molecular complexity index is 245. The van der Waals surface area contributed by atoms with E-state index in [1.165, 1.54) is 0 Å². The third kappa shape index (κ3) is 3.46. The van der Waals surface area contributed by atoms with Gasteiger partial charge in [0.05, 0.1) is 11.1 Å². The van der Waals surface area contributed by atoms with Crippen molar-refractivity contribution in [2.45, 2.75) is 57.6 Å². The molecule has 0 aliphatic carbocycles. The lowest BCUT2D eigenvalue weighted by Gasteiger charge is -2.27. The minimum Gasteiger partial charge on any atom is -0.388 e. The van der Waals surface area contributed by atoms with Crippen molar-refractivity contribution in [3.63, 3.8) is 0 Å². The van der Waals surface area contributed by atoms with Crippen molar-refractivity contribution in [2.24, 2.45) is 0 Å². The van der Waals surface area contributed by atoms with Crippen LogP contribution in [0.3, 0.4) is 0 Å². The molecule has 94 valence electrons. The highest BCUT2D eigenvalue weighted by atomic mass is 16.3. The number of hydrogen-bond acceptors (Lipinski definition) is 3. The van der Waals surface area contributed by atoms with Gasteiger partial charge in [0.15, 0.2) is 0 Å². The molecule has 1 saturated heterocycles. The first kappa shape index (κ1) is 13.5. The number of amides is 1. The standard InChI is InChI=1S/C12H24N2O2/c1-4-6-11(2,16)9-13-10(15)12(3)7-5-8-14-12/h14,16H,4-9H2,1-3H3,(H,13,15). The molecule has 0 saturated carbocycles. The molecule has 2 atom stereocenters. The first-order valence-corrected chi connectivity index (χ1v) is 6.15. The minimum atomic E-state index is -0.792. The number of carbonyl (C=O) groups excluding carboxylic acids is 1. The summed E-state index contributed by atoms with van der Waals surface area (Å²) in [5.74, 6) is 0.00128. The summed E-state index contributed by atoms with van der Waals surface area (Å²) in [6, 6.07) is 0. The van der Waals surface area contributed by atoms with E-state index in [9.17, 15) is 9.90 Å². The second-order valence-corrected chi connectivity index (χ2v) is 5.29. The Kier molecular flexibility index (Phi) is 4.33. The number of nitrogens with one attached hydrogen (secondary N) is 2. The van der Waals surface area contributed by atoms with Gasteiger partial charge < -0.3 is 15.7 Å². The lowest BCUT2D eigenvalue weighted by Crippen LogP contribution is -2.54. The summed E-state index contributed by atoms with van der Waals surface area (Å²) in [5.41, 5.74) is -1.23. The lowest BCUT2D eigenvalue weighted by atomic mass is 9.97. The molecule has 0 aromatic heterocycles. The normalized spacial score (nSPS) is 28.8. The molecule has 1 amide bonds. The van der Waals surface area contributed by atoms with Crippen LogP contribution in [0.2, 0.25) is 0 Å². The van der Waals surface area contributed by atoms with Gasteiger partial charge in [-0.1, -0.05) is 13.3 Å². The zero-order valence-electron chi connectivity index (χ0n) is 10.6. The van der Waals surface area contributed by atoms with Crippen LogP contribution in [0.5, 0.6) is 0 Å². The molecule has 4 heteroatoms. The molecule has 0 radical (unpaired) electrons. The molecular weight excluding hydrogens is 204 g/mol. The molecule has 16 heavy (non-hydrogen) atoms. The smallest absolute Gasteiger partial charge is 0.240 e. The maximum atomic E-state index is 11.9. The van der Waals surface area contributed by atoms with Crippen molar-refractivity contribution < 1.29 is 9.90 Å². The van der Waals surface area contributed by atoms with Gasteiger partial charge in [-0.25, -0.2) is 0 Å². The van der Waals surface area contributed by atoms with E-state index in [1.54, 1.807) is 6.92 Å². The molecule has 0 aromatic carbocycles. The summed E-state index contributed by atoms with van der Waals surface area (Å²) >= 11 is 0. The van der Waals surface area contributed by atoms with Crippen molar-refractivity contribution in [3.8, 4) is 0 Å². The molecule has 0 bridgehead atoms. The molecule has 0 aromatic rings. The van der Waals surface area contributed by atoms with Gasteiger partial charge in [-0.3, -0.25) is 4.79 Å². The lowest BCUT2D eigenvalue weighted by molar-refractivity contribution is -0.127. The van der Waals surface area contributed by atoms with Crippen LogP contribution in [0, 0.1) is 0 Å². The Labute approximate surface area is 97.8 Å². The van der Waals surface area contributed by atoms with Gasteiger partial charge in [0.25, 0.3) is 0 Å². The van der Waals surface area contributed by atoms with Crippen LogP contribution in [-0.4, -0.2) is 35.2 Å². The SMILES string of the molecule is CCCC(C)(O)CNC(=O)C1(C)CCCN1. The summed E-state index contributed by atoms with van der Waals surface area (Å²) < 4.78 is 0. The third-order valence-electron chi connectivity index (χ3n) is 3.29. The van der Waals surface area contributed by atoms with Crippen LogP contribution in [0.1, 0.15) is 46.5 Å². The van der Waals surface area contributed by atoms with Crippen molar-refractivity contribution in [3.05, 3.63) is 0 Å². The van der Waals surface area contributed by atoms with Crippen molar-refractivity contribution >= 4 is 5.91 Å². The van der Waals surface area contributed by atoms with E-state index >= 15 is 0 Å². The highest BCUT2D eigenvalue weighted by Crippen LogP contribution is 2.19. The summed E-state index contributed by atoms with van der Waals surface area (Å²) in [7, 11) is 0. The highest BCUT2D eigenvalue weighted by molar-refractivity contribution is 5.86. The maximum Gasteiger partial charge on any atom is 0.240 e. The van der Waals surface area contributed by atoms with Crippen LogP contribution in [0.15, 0.2) is 0 Å². The number of hydrogen-bond donors (Lipinski definition) is 3. The Hall–Kier alpha value is -0.610. The van der Waals surface area contributed by atoms with Gasteiger partial charge in [-0.05, 0) is 39.7 Å². The Morgan fingerprint density at radius 3 is 2.81 bits per heavy atom. The van der Waals surface area contributed by atoms with Crippen LogP contribution in [0.4, 0.5) is 0 Å². The molecule has 1 aliphatic rings. The molecule has 1 fully saturated rings. The third-order valence-corrected chi connectivity index (χ3v) is 3.29. The average Bonchev–Trinajstić information content (AvgIpc) is 2.63. The number of carbonyl (C=O) groups is 1. The topological polar surface area (TPSA) is 61.4 Å². The van der Waals surface area contributed by atoms with Gasteiger partial charge in [0.1, 0.15) is 0 Å². The fourth-order valence-corrected chi connectivity index (χ4v) is 2.18. The minimum absolute atomic E-state index is 0.00128. The van der Waals surface area contributed by atoms with E-state index in [1.807, 2.05) is 13.8 Å². The van der Waals surface area contributed by atoms with Crippen LogP contribution >= 0.6 is 0 Å². The van der Waals surface area contributed by atoms with Gasteiger partial charge in [0, 0.05) is 6.54 Å². The van der Waals surface area contributed by atoms with Crippen LogP contribution in [-0.2, 0) is 4.79 Å². The molecule has 2 unspecified atom stereocenters. The Balaban J connectivity index is 2.40. The van der Waals surface area contributed by atoms with E-state index in [0.717, 1.165) is 25.8 Å². The summed E-state index contributed by atoms with van der Waals surface area (Å²) in [6.45, 7) is 6.94. The monoisotopic (exact) mass is 228 g/mol. The van der Waals surface area contributed by atoms with Crippen LogP contribution < -0.4 is 10.6 Å². The molecule has 4 nitrogen and oxygen atoms in total.